The largest absolute Gasteiger partial charge is 0.357 e. The van der Waals surface area contributed by atoms with Crippen molar-refractivity contribution in [2.45, 2.75) is 0 Å². The Labute approximate surface area is 121 Å². The van der Waals surface area contributed by atoms with Gasteiger partial charge in [0.25, 0.3) is 0 Å². The van der Waals surface area contributed by atoms with Gasteiger partial charge in [-0.15, -0.1) is 0 Å². The minimum Gasteiger partial charge on any atom is -0.357 e. The quantitative estimate of drug-likeness (QED) is 0.824. The molecule has 0 fully saturated rings. The molecule has 1 heterocycles. The van der Waals surface area contributed by atoms with Crippen molar-refractivity contribution in [1.82, 2.24) is 9.97 Å². The molecule has 0 saturated heterocycles. The molecule has 19 heavy (non-hydrogen) atoms. The summed E-state index contributed by atoms with van der Waals surface area (Å²) in [5.41, 5.74) is 0.0518. The maximum absolute atomic E-state index is 13.6. The number of nitrogens with one attached hydrogen (secondary N) is 2. The van der Waals surface area contributed by atoms with E-state index >= 15 is 0 Å². The summed E-state index contributed by atoms with van der Waals surface area (Å²) in [6.45, 7) is 0. The molecule has 4 nitrogen and oxygen atoms in total. The minimum absolute atomic E-state index is 0.0518. The van der Waals surface area contributed by atoms with Crippen LogP contribution in [0.25, 0.3) is 0 Å². The Kier molecular flexibility index (Phi) is 4.16. The van der Waals surface area contributed by atoms with Crippen LogP contribution in [0.3, 0.4) is 0 Å². The first kappa shape index (κ1) is 14.0. The third-order valence-electron chi connectivity index (χ3n) is 2.23. The molecule has 0 amide bonds. The van der Waals surface area contributed by atoms with E-state index in [1.165, 1.54) is 12.3 Å². The van der Waals surface area contributed by atoms with Gasteiger partial charge < -0.3 is 10.6 Å². The summed E-state index contributed by atoms with van der Waals surface area (Å²) in [5, 5.41) is 5.64. The first-order chi connectivity index (χ1) is 9.01. The van der Waals surface area contributed by atoms with Crippen molar-refractivity contribution >= 4 is 45.0 Å². The van der Waals surface area contributed by atoms with Crippen LogP contribution in [0, 0.1) is 11.6 Å². The van der Waals surface area contributed by atoms with Crippen LogP contribution in [-0.2, 0) is 0 Å². The smallest absolute Gasteiger partial charge is 0.224 e. The first-order valence-electron chi connectivity index (χ1n) is 5.13. The summed E-state index contributed by atoms with van der Waals surface area (Å²) in [7, 11) is 1.64. The molecule has 2 aromatic rings. The average molecular weight is 350 g/mol. The predicted octanol–water partition coefficient (Wildman–Crippen LogP) is 3.96. The Morgan fingerprint density at radius 3 is 2.68 bits per heavy atom. The zero-order valence-electron chi connectivity index (χ0n) is 9.64. The molecule has 2 N–H and O–H groups in total. The van der Waals surface area contributed by atoms with E-state index in [9.17, 15) is 8.78 Å². The summed E-state index contributed by atoms with van der Waals surface area (Å²) in [5.74, 6) is -0.888. The molecule has 0 atom stereocenters. The van der Waals surface area contributed by atoms with Gasteiger partial charge in [0.05, 0.1) is 16.4 Å². The second-order valence-electron chi connectivity index (χ2n) is 3.51. The fourth-order valence-electron chi connectivity index (χ4n) is 1.32. The Morgan fingerprint density at radius 1 is 1.26 bits per heavy atom. The van der Waals surface area contributed by atoms with Crippen molar-refractivity contribution in [3.63, 3.8) is 0 Å². The highest BCUT2D eigenvalue weighted by atomic mass is 79.9. The molecule has 8 heteroatoms. The van der Waals surface area contributed by atoms with Gasteiger partial charge in [0.1, 0.15) is 16.7 Å². The van der Waals surface area contributed by atoms with Crippen molar-refractivity contribution in [3.05, 3.63) is 39.5 Å². The number of rotatable bonds is 3. The van der Waals surface area contributed by atoms with E-state index in [2.05, 4.69) is 36.5 Å². The van der Waals surface area contributed by atoms with Crippen LogP contribution < -0.4 is 10.6 Å². The molecule has 0 saturated carbocycles. The lowest BCUT2D eigenvalue weighted by Gasteiger charge is -2.10. The Balaban J connectivity index is 2.38. The predicted molar refractivity (Wildman–Crippen MR) is 73.9 cm³/mol. The molecular weight excluding hydrogens is 342 g/mol. The number of hydrogen-bond donors (Lipinski definition) is 2. The highest BCUT2D eigenvalue weighted by molar-refractivity contribution is 9.10. The maximum atomic E-state index is 13.6. The van der Waals surface area contributed by atoms with E-state index in [4.69, 9.17) is 11.6 Å². The Morgan fingerprint density at radius 2 is 2.00 bits per heavy atom. The van der Waals surface area contributed by atoms with E-state index in [0.29, 0.717) is 5.95 Å². The molecule has 0 spiro atoms. The highest BCUT2D eigenvalue weighted by Crippen LogP contribution is 2.28. The molecule has 0 aliphatic carbocycles. The fourth-order valence-corrected chi connectivity index (χ4v) is 1.80. The molecule has 0 bridgehead atoms. The van der Waals surface area contributed by atoms with Crippen molar-refractivity contribution in [2.24, 2.45) is 0 Å². The molecular formula is C11H8BrClF2N4. The number of nitrogens with zero attached hydrogens (tertiary/aromatic N) is 2. The molecule has 0 radical (unpaired) electrons. The van der Waals surface area contributed by atoms with Crippen LogP contribution in [0.2, 0.25) is 5.02 Å². The molecule has 2 rings (SSSR count). The summed E-state index contributed by atoms with van der Waals surface area (Å²) in [6, 6.07) is 2.03. The normalized spacial score (nSPS) is 10.4. The lowest BCUT2D eigenvalue weighted by atomic mass is 10.3. The number of benzene rings is 1. The van der Waals surface area contributed by atoms with E-state index in [-0.39, 0.29) is 21.0 Å². The molecule has 100 valence electrons. The molecule has 0 aliphatic heterocycles. The van der Waals surface area contributed by atoms with Crippen molar-refractivity contribution in [2.75, 3.05) is 17.7 Å². The summed E-state index contributed by atoms with van der Waals surface area (Å²) in [6.07, 6.45) is 1.37. The fraction of sp³-hybridized carbons (Fsp3) is 0.0909. The minimum atomic E-state index is -0.749. The number of hydrogen-bond acceptors (Lipinski definition) is 4. The lowest BCUT2D eigenvalue weighted by molar-refractivity contribution is 0.581. The molecule has 0 unspecified atom stereocenters. The number of aromatic nitrogens is 2. The number of halogens is 4. The van der Waals surface area contributed by atoms with Gasteiger partial charge in [0.15, 0.2) is 5.82 Å². The SMILES string of the molecule is CNc1ncc(Cl)c(Nc2cc(Br)c(F)cc2F)n1. The van der Waals surface area contributed by atoms with Gasteiger partial charge in [-0.2, -0.15) is 4.98 Å². The van der Waals surface area contributed by atoms with Gasteiger partial charge in [-0.3, -0.25) is 0 Å². The maximum Gasteiger partial charge on any atom is 0.224 e. The van der Waals surface area contributed by atoms with E-state index in [0.717, 1.165) is 6.07 Å². The summed E-state index contributed by atoms with van der Waals surface area (Å²) in [4.78, 5) is 7.93. The van der Waals surface area contributed by atoms with Gasteiger partial charge in [-0.1, -0.05) is 11.6 Å². The van der Waals surface area contributed by atoms with Crippen LogP contribution in [-0.4, -0.2) is 17.0 Å². The van der Waals surface area contributed by atoms with Crippen LogP contribution in [0.15, 0.2) is 22.8 Å². The summed E-state index contributed by atoms with van der Waals surface area (Å²) >= 11 is 8.88. The Bertz CT molecular complexity index is 624. The molecule has 0 aliphatic rings. The first-order valence-corrected chi connectivity index (χ1v) is 6.30. The van der Waals surface area contributed by atoms with Crippen molar-refractivity contribution in [1.29, 1.82) is 0 Å². The van der Waals surface area contributed by atoms with Crippen LogP contribution >= 0.6 is 27.5 Å². The van der Waals surface area contributed by atoms with Crippen molar-refractivity contribution < 1.29 is 8.78 Å². The summed E-state index contributed by atoms with van der Waals surface area (Å²) < 4.78 is 26.9. The zero-order chi connectivity index (χ0) is 14.0. The van der Waals surface area contributed by atoms with E-state index in [1.54, 1.807) is 7.05 Å². The average Bonchev–Trinajstić information content (AvgIpc) is 2.38. The standard InChI is InChI=1S/C11H8BrClF2N4/c1-16-11-17-4-6(13)10(19-11)18-9-2-5(12)7(14)3-8(9)15/h2-4H,1H3,(H2,16,17,18,19). The number of anilines is 3. The second kappa shape index (κ2) is 5.66. The van der Waals surface area contributed by atoms with Gasteiger partial charge in [-0.25, -0.2) is 13.8 Å². The Hall–Kier alpha value is -1.47. The van der Waals surface area contributed by atoms with E-state index in [1.807, 2.05) is 0 Å². The monoisotopic (exact) mass is 348 g/mol. The lowest BCUT2D eigenvalue weighted by Crippen LogP contribution is -2.02. The van der Waals surface area contributed by atoms with Crippen LogP contribution in [0.4, 0.5) is 26.2 Å². The third-order valence-corrected chi connectivity index (χ3v) is 3.12. The van der Waals surface area contributed by atoms with Crippen LogP contribution in [0.5, 0.6) is 0 Å². The molecule has 1 aromatic heterocycles. The zero-order valence-corrected chi connectivity index (χ0v) is 12.0. The van der Waals surface area contributed by atoms with Gasteiger partial charge in [0.2, 0.25) is 5.95 Å². The van der Waals surface area contributed by atoms with E-state index < -0.39 is 11.6 Å². The van der Waals surface area contributed by atoms with Crippen molar-refractivity contribution in [3.8, 4) is 0 Å². The van der Waals surface area contributed by atoms with Gasteiger partial charge in [0, 0.05) is 13.1 Å². The van der Waals surface area contributed by atoms with Gasteiger partial charge in [-0.05, 0) is 22.0 Å². The second-order valence-corrected chi connectivity index (χ2v) is 4.77. The highest BCUT2D eigenvalue weighted by Gasteiger charge is 2.11. The van der Waals surface area contributed by atoms with Gasteiger partial charge >= 0.3 is 0 Å². The molecule has 1 aromatic carbocycles. The third kappa shape index (κ3) is 3.10. The van der Waals surface area contributed by atoms with Crippen LogP contribution in [0.1, 0.15) is 0 Å². The topological polar surface area (TPSA) is 49.8 Å².